The monoisotopic (exact) mass is 370 g/mol. The molecule has 0 atom stereocenters. The van der Waals surface area contributed by atoms with E-state index in [9.17, 15) is 20.2 Å². The third kappa shape index (κ3) is 4.21. The second kappa shape index (κ2) is 8.00. The largest absolute Gasteiger partial charge is 0.456 e. The molecule has 0 saturated carbocycles. The molecular weight excluding hydrogens is 352 g/mol. The summed E-state index contributed by atoms with van der Waals surface area (Å²) in [4.78, 5) is 21.5. The predicted molar refractivity (Wildman–Crippen MR) is 103 cm³/mol. The van der Waals surface area contributed by atoms with Crippen molar-refractivity contribution in [2.24, 2.45) is 0 Å². The van der Waals surface area contributed by atoms with Gasteiger partial charge in [-0.2, -0.15) is 0 Å². The van der Waals surface area contributed by atoms with E-state index in [4.69, 9.17) is 16.2 Å². The first-order chi connectivity index (χ1) is 12.8. The molecule has 0 aliphatic carbocycles. The highest BCUT2D eigenvalue weighted by Crippen LogP contribution is 2.36. The Morgan fingerprint density at radius 1 is 0.852 bits per heavy atom. The fraction of sp³-hybridized carbons (Fsp3) is 0.111. The maximum absolute atomic E-state index is 11.3. The maximum Gasteiger partial charge on any atom is 0.276 e. The topological polar surface area (TPSA) is 148 Å². The number of nitro groups is 2. The van der Waals surface area contributed by atoms with Crippen molar-refractivity contribution in [2.75, 3.05) is 11.5 Å². The van der Waals surface area contributed by atoms with Crippen LogP contribution in [0.25, 0.3) is 11.4 Å². The van der Waals surface area contributed by atoms with Gasteiger partial charge in [0.05, 0.1) is 21.0 Å². The second-order valence-electron chi connectivity index (χ2n) is 5.48. The molecule has 0 radical (unpaired) electrons. The highest BCUT2D eigenvalue weighted by Gasteiger charge is 2.23. The molecule has 0 aromatic heterocycles. The van der Waals surface area contributed by atoms with E-state index < -0.39 is 9.85 Å². The van der Waals surface area contributed by atoms with Crippen LogP contribution in [0.3, 0.4) is 0 Å². The van der Waals surface area contributed by atoms with Gasteiger partial charge in [-0.15, -0.1) is 0 Å². The molecule has 2 aromatic carbocycles. The minimum Gasteiger partial charge on any atom is -0.456 e. The molecule has 0 aliphatic heterocycles. The molecule has 4 N–H and O–H groups in total. The van der Waals surface area contributed by atoms with Crippen molar-refractivity contribution in [3.05, 3.63) is 79.9 Å². The summed E-state index contributed by atoms with van der Waals surface area (Å²) in [5.41, 5.74) is 12.1. The number of rotatable bonds is 6. The molecule has 2 rings (SSSR count). The summed E-state index contributed by atoms with van der Waals surface area (Å²) in [5.74, 6) is 0.276. The molecule has 0 unspecified atom stereocenters. The number of anilines is 2. The van der Waals surface area contributed by atoms with Crippen LogP contribution in [-0.2, 0) is 0 Å². The molecule has 2 aromatic rings. The van der Waals surface area contributed by atoms with E-state index in [0.717, 1.165) is 0 Å². The zero-order chi connectivity index (χ0) is 20.1. The Morgan fingerprint density at radius 3 is 1.52 bits per heavy atom. The first-order valence-electron chi connectivity index (χ1n) is 7.87. The van der Waals surface area contributed by atoms with Crippen LogP contribution in [0.15, 0.2) is 48.6 Å². The van der Waals surface area contributed by atoms with Gasteiger partial charge >= 0.3 is 0 Å². The lowest BCUT2D eigenvalue weighted by Gasteiger charge is -2.13. The zero-order valence-corrected chi connectivity index (χ0v) is 14.7. The quantitative estimate of drug-likeness (QED) is 0.445. The number of ether oxygens (including phenoxy) is 1. The van der Waals surface area contributed by atoms with Gasteiger partial charge in [0.25, 0.3) is 11.4 Å². The summed E-state index contributed by atoms with van der Waals surface area (Å²) >= 11 is 0. The smallest absolute Gasteiger partial charge is 0.276 e. The first kappa shape index (κ1) is 19.4. The molecule has 0 amide bonds. The van der Waals surface area contributed by atoms with Gasteiger partial charge in [-0.3, -0.25) is 20.2 Å². The Labute approximate surface area is 154 Å². The van der Waals surface area contributed by atoms with Crippen molar-refractivity contribution < 1.29 is 14.6 Å². The Kier molecular flexibility index (Phi) is 5.76. The number of nitrogens with two attached hydrogens (primary N) is 2. The van der Waals surface area contributed by atoms with Gasteiger partial charge in [0.2, 0.25) is 0 Å². The van der Waals surface area contributed by atoms with Crippen LogP contribution >= 0.6 is 0 Å². The fourth-order valence-electron chi connectivity index (χ4n) is 2.51. The van der Waals surface area contributed by atoms with Crippen molar-refractivity contribution in [2.45, 2.75) is 13.8 Å². The van der Waals surface area contributed by atoms with Crippen molar-refractivity contribution in [1.29, 1.82) is 0 Å². The number of hydrogen-bond donors (Lipinski definition) is 2. The van der Waals surface area contributed by atoms with Crippen LogP contribution in [0.1, 0.15) is 25.0 Å². The highest BCUT2D eigenvalue weighted by molar-refractivity contribution is 5.71. The summed E-state index contributed by atoms with van der Waals surface area (Å²) in [5, 5.41) is 22.7. The van der Waals surface area contributed by atoms with E-state index in [1.165, 1.54) is 62.4 Å². The van der Waals surface area contributed by atoms with E-state index in [0.29, 0.717) is 11.4 Å². The van der Waals surface area contributed by atoms with Crippen LogP contribution < -0.4 is 16.2 Å². The Morgan fingerprint density at radius 2 is 1.22 bits per heavy atom. The van der Waals surface area contributed by atoms with Gasteiger partial charge in [0, 0.05) is 11.4 Å². The SMILES string of the molecule is C/C=C(\c1cc(N)ccc1Oc1ccc(N)cc1/C(=C\C)[N+](=O)[O-])[N+](=O)[O-]. The van der Waals surface area contributed by atoms with Crippen LogP contribution in [0.2, 0.25) is 0 Å². The minimum absolute atomic E-state index is 0.138. The predicted octanol–water partition coefficient (Wildman–Crippen LogP) is 3.92. The average Bonchev–Trinajstić information content (AvgIpc) is 2.59. The maximum atomic E-state index is 11.3. The van der Waals surface area contributed by atoms with Gasteiger partial charge in [-0.05, 0) is 62.4 Å². The van der Waals surface area contributed by atoms with Crippen molar-refractivity contribution >= 4 is 22.8 Å². The Bertz CT molecular complexity index is 889. The number of nitrogen functional groups attached to an aromatic ring is 2. The molecule has 0 heterocycles. The summed E-state index contributed by atoms with van der Waals surface area (Å²) < 4.78 is 5.81. The molecule has 0 aliphatic rings. The van der Waals surface area contributed by atoms with Crippen LogP contribution in [-0.4, -0.2) is 9.85 Å². The van der Waals surface area contributed by atoms with Gasteiger partial charge < -0.3 is 16.2 Å². The van der Waals surface area contributed by atoms with Crippen molar-refractivity contribution in [3.63, 3.8) is 0 Å². The van der Waals surface area contributed by atoms with Crippen molar-refractivity contribution in [3.8, 4) is 11.5 Å². The Balaban J connectivity index is 2.62. The van der Waals surface area contributed by atoms with Crippen LogP contribution in [0, 0.1) is 20.2 Å². The zero-order valence-electron chi connectivity index (χ0n) is 14.7. The molecule has 9 nitrogen and oxygen atoms in total. The normalized spacial score (nSPS) is 11.9. The van der Waals surface area contributed by atoms with E-state index in [1.807, 2.05) is 0 Å². The molecule has 140 valence electrons. The lowest BCUT2D eigenvalue weighted by atomic mass is 10.1. The molecule has 9 heteroatoms. The lowest BCUT2D eigenvalue weighted by Crippen LogP contribution is -2.04. The molecule has 0 saturated heterocycles. The van der Waals surface area contributed by atoms with Gasteiger partial charge in [-0.1, -0.05) is 0 Å². The van der Waals surface area contributed by atoms with E-state index in [-0.39, 0.29) is 34.0 Å². The number of allylic oxidation sites excluding steroid dienone is 2. The molecule has 0 bridgehead atoms. The summed E-state index contributed by atoms with van der Waals surface area (Å²) in [6.07, 6.45) is 2.64. The lowest BCUT2D eigenvalue weighted by molar-refractivity contribution is -0.375. The molecular formula is C18H18N4O5. The summed E-state index contributed by atoms with van der Waals surface area (Å²) in [6, 6.07) is 8.81. The second-order valence-corrected chi connectivity index (χ2v) is 5.48. The van der Waals surface area contributed by atoms with E-state index in [2.05, 4.69) is 0 Å². The standard InChI is InChI=1S/C18H18N4O5/c1-3-15(21(23)24)13-9-11(19)5-7-17(13)27-18-8-6-12(20)10-14(18)16(4-2)22(25)26/h3-10H,19-20H2,1-2H3/b15-3+,16-4+. The van der Waals surface area contributed by atoms with Gasteiger partial charge in [-0.25, -0.2) is 0 Å². The number of benzene rings is 2. The summed E-state index contributed by atoms with van der Waals surface area (Å²) in [7, 11) is 0. The van der Waals surface area contributed by atoms with Gasteiger partial charge in [0.1, 0.15) is 11.5 Å². The fourth-order valence-corrected chi connectivity index (χ4v) is 2.51. The highest BCUT2D eigenvalue weighted by atomic mass is 16.6. The number of hydrogen-bond acceptors (Lipinski definition) is 7. The summed E-state index contributed by atoms with van der Waals surface area (Å²) in [6.45, 7) is 3.04. The van der Waals surface area contributed by atoms with Crippen LogP contribution in [0.5, 0.6) is 11.5 Å². The molecule has 0 fully saturated rings. The Hall–Kier alpha value is -3.88. The third-order valence-electron chi connectivity index (χ3n) is 3.72. The average molecular weight is 370 g/mol. The van der Waals surface area contributed by atoms with Gasteiger partial charge in [0.15, 0.2) is 0 Å². The third-order valence-corrected chi connectivity index (χ3v) is 3.72. The number of nitrogens with zero attached hydrogens (tertiary/aromatic N) is 2. The minimum atomic E-state index is -0.556. The van der Waals surface area contributed by atoms with Crippen molar-refractivity contribution in [1.82, 2.24) is 0 Å². The molecule has 0 spiro atoms. The first-order valence-corrected chi connectivity index (χ1v) is 7.87. The van der Waals surface area contributed by atoms with E-state index in [1.54, 1.807) is 0 Å². The van der Waals surface area contributed by atoms with E-state index >= 15 is 0 Å². The van der Waals surface area contributed by atoms with Crippen LogP contribution in [0.4, 0.5) is 11.4 Å². The molecule has 27 heavy (non-hydrogen) atoms.